The number of fused-ring (bicyclic) bond motifs is 1. The first kappa shape index (κ1) is 22.9. The van der Waals surface area contributed by atoms with E-state index in [0.29, 0.717) is 16.5 Å². The number of amides is 1. The van der Waals surface area contributed by atoms with Crippen molar-refractivity contribution in [2.45, 2.75) is 32.6 Å². The molecule has 0 aliphatic heterocycles. The number of hydrogen-bond donors (Lipinski definition) is 2. The Morgan fingerprint density at radius 3 is 2.61 bits per heavy atom. The van der Waals surface area contributed by atoms with Crippen molar-refractivity contribution in [3.8, 4) is 0 Å². The first-order valence-corrected chi connectivity index (χ1v) is 11.8. The predicted molar refractivity (Wildman–Crippen MR) is 119 cm³/mol. The van der Waals surface area contributed by atoms with E-state index in [0.717, 1.165) is 20.1 Å². The van der Waals surface area contributed by atoms with Gasteiger partial charge in [-0.1, -0.05) is 17.4 Å². The van der Waals surface area contributed by atoms with Crippen molar-refractivity contribution in [3.05, 3.63) is 40.7 Å². The molecule has 0 aliphatic rings. The Kier molecular flexibility index (Phi) is 6.48. The van der Waals surface area contributed by atoms with Gasteiger partial charge in [0.2, 0.25) is 15.9 Å². The van der Waals surface area contributed by atoms with Crippen LogP contribution in [0.25, 0.3) is 10.2 Å². The van der Waals surface area contributed by atoms with Crippen molar-refractivity contribution in [1.82, 2.24) is 14.3 Å². The highest BCUT2D eigenvalue weighted by Crippen LogP contribution is 2.28. The number of nitrogens with one attached hydrogen (secondary N) is 2. The average molecular weight is 465 g/mol. The minimum atomic E-state index is -4.14. The lowest BCUT2D eigenvalue weighted by Gasteiger charge is -2.17. The second kappa shape index (κ2) is 8.77. The molecule has 0 unspecified atom stereocenters. The fourth-order valence-electron chi connectivity index (χ4n) is 3.22. The molecule has 2 aromatic heterocycles. The van der Waals surface area contributed by atoms with Crippen LogP contribution in [0, 0.1) is 20.8 Å². The summed E-state index contributed by atoms with van der Waals surface area (Å²) >= 11 is 1.31. The summed E-state index contributed by atoms with van der Waals surface area (Å²) in [6, 6.07) is 5.75. The molecule has 31 heavy (non-hydrogen) atoms. The predicted octanol–water partition coefficient (Wildman–Crippen LogP) is 2.99. The number of H-pyrrole nitrogens is 1. The van der Waals surface area contributed by atoms with E-state index in [-0.39, 0.29) is 17.1 Å². The number of benzene rings is 1. The van der Waals surface area contributed by atoms with E-state index in [9.17, 15) is 18.0 Å². The van der Waals surface area contributed by atoms with Crippen molar-refractivity contribution >= 4 is 48.6 Å². The van der Waals surface area contributed by atoms with Gasteiger partial charge in [0.1, 0.15) is 10.5 Å². The number of sulfonamides is 1. The van der Waals surface area contributed by atoms with Crippen molar-refractivity contribution in [1.29, 1.82) is 0 Å². The zero-order valence-electron chi connectivity index (χ0n) is 17.9. The number of likely N-dealkylation sites (N-methyl/N-ethyl adjacent to an activating group) is 1. The van der Waals surface area contributed by atoms with Gasteiger partial charge in [0, 0.05) is 18.4 Å². The third-order valence-corrected chi connectivity index (χ3v) is 7.53. The van der Waals surface area contributed by atoms with Crippen LogP contribution in [-0.4, -0.2) is 54.8 Å². The molecule has 0 aliphatic carbocycles. The number of ether oxygens (including phenoxy) is 1. The van der Waals surface area contributed by atoms with Gasteiger partial charge in [-0.05, 0) is 45.4 Å². The fourth-order valence-corrected chi connectivity index (χ4v) is 5.73. The largest absolute Gasteiger partial charge is 0.462 e. The molecule has 0 atom stereocenters. The number of nitrogens with zero attached hydrogens (tertiary/aromatic N) is 2. The Morgan fingerprint density at radius 1 is 1.23 bits per heavy atom. The van der Waals surface area contributed by atoms with Crippen molar-refractivity contribution < 1.29 is 22.7 Å². The van der Waals surface area contributed by atoms with Gasteiger partial charge < -0.3 is 15.0 Å². The van der Waals surface area contributed by atoms with Crippen molar-refractivity contribution in [2.24, 2.45) is 0 Å². The summed E-state index contributed by atoms with van der Waals surface area (Å²) in [6.45, 7) is 6.43. The molecule has 11 heteroatoms. The molecule has 0 bridgehead atoms. The van der Waals surface area contributed by atoms with Crippen LogP contribution in [0.2, 0.25) is 0 Å². The van der Waals surface area contributed by atoms with Gasteiger partial charge in [-0.3, -0.25) is 4.79 Å². The molecule has 0 saturated heterocycles. The number of hydrogen-bond acceptors (Lipinski definition) is 7. The number of aromatic amines is 1. The van der Waals surface area contributed by atoms with Crippen molar-refractivity contribution in [2.75, 3.05) is 25.5 Å². The van der Waals surface area contributed by atoms with Crippen LogP contribution in [-0.2, 0) is 19.6 Å². The number of carbonyl (C=O) groups is 2. The van der Waals surface area contributed by atoms with Gasteiger partial charge in [0.25, 0.3) is 0 Å². The number of esters is 1. The van der Waals surface area contributed by atoms with E-state index in [2.05, 4.69) is 15.3 Å². The van der Waals surface area contributed by atoms with Crippen molar-refractivity contribution in [3.63, 3.8) is 0 Å². The van der Waals surface area contributed by atoms with Gasteiger partial charge in [-0.25, -0.2) is 18.2 Å². The molecular weight excluding hydrogens is 440 g/mol. The summed E-state index contributed by atoms with van der Waals surface area (Å²) < 4.78 is 33.2. The number of aromatic nitrogens is 2. The molecule has 0 radical (unpaired) electrons. The molecule has 0 spiro atoms. The minimum Gasteiger partial charge on any atom is -0.462 e. The zero-order chi connectivity index (χ0) is 22.9. The monoisotopic (exact) mass is 464 g/mol. The minimum absolute atomic E-state index is 0.0480. The molecular formula is C20H24N4O5S2. The normalized spacial score (nSPS) is 11.8. The molecule has 3 aromatic rings. The highest BCUT2D eigenvalue weighted by molar-refractivity contribution is 7.89. The van der Waals surface area contributed by atoms with E-state index >= 15 is 0 Å². The van der Waals surface area contributed by atoms with Gasteiger partial charge >= 0.3 is 5.97 Å². The lowest BCUT2D eigenvalue weighted by molar-refractivity contribution is -0.116. The summed E-state index contributed by atoms with van der Waals surface area (Å²) in [5.74, 6) is -1.27. The highest BCUT2D eigenvalue weighted by atomic mass is 32.2. The Bertz CT molecular complexity index is 1260. The molecule has 9 nitrogen and oxygen atoms in total. The fraction of sp³-hybridized carbons (Fsp3) is 0.350. The zero-order valence-corrected chi connectivity index (χ0v) is 19.5. The second-order valence-electron chi connectivity index (χ2n) is 7.10. The number of thiazole rings is 1. The standard InChI is InChI=1S/C20H24N4O5S2/c1-6-29-19(26)17-12(3)21-13(4)18(17)31(27,28)24(5)10-16(25)23-20-22-14-8-7-11(2)9-15(14)30-20/h7-9,21H,6,10H2,1-5H3,(H,22,23,25). The molecule has 166 valence electrons. The number of rotatable bonds is 7. The lowest BCUT2D eigenvalue weighted by Crippen LogP contribution is -2.35. The first-order chi connectivity index (χ1) is 14.5. The topological polar surface area (TPSA) is 121 Å². The third kappa shape index (κ3) is 4.63. The van der Waals surface area contributed by atoms with Gasteiger partial charge in [-0.2, -0.15) is 4.31 Å². The Balaban J connectivity index is 1.81. The summed E-state index contributed by atoms with van der Waals surface area (Å²) in [5.41, 5.74) is 2.47. The Labute approximate surface area is 184 Å². The van der Waals surface area contributed by atoms with Crippen LogP contribution in [0.1, 0.15) is 34.2 Å². The second-order valence-corrected chi connectivity index (χ2v) is 10.1. The molecule has 2 N–H and O–H groups in total. The van der Waals surface area contributed by atoms with Gasteiger partial charge in [-0.15, -0.1) is 0 Å². The average Bonchev–Trinajstić information content (AvgIpc) is 3.20. The van der Waals surface area contributed by atoms with E-state index in [1.165, 1.54) is 18.4 Å². The van der Waals surface area contributed by atoms with E-state index < -0.39 is 28.4 Å². The summed E-state index contributed by atoms with van der Waals surface area (Å²) in [4.78, 5) is 31.9. The summed E-state index contributed by atoms with van der Waals surface area (Å²) in [5, 5.41) is 3.03. The SMILES string of the molecule is CCOC(=O)c1c(C)[nH]c(C)c1S(=O)(=O)N(C)CC(=O)Nc1nc2ccc(C)cc2s1. The van der Waals surface area contributed by atoms with Crippen LogP contribution in [0.3, 0.4) is 0 Å². The molecule has 1 aromatic carbocycles. The quantitative estimate of drug-likeness (QED) is 0.519. The number of anilines is 1. The van der Waals surface area contributed by atoms with Gasteiger partial charge in [0.05, 0.1) is 23.4 Å². The molecule has 0 saturated carbocycles. The third-order valence-electron chi connectivity index (χ3n) is 4.62. The molecule has 2 heterocycles. The lowest BCUT2D eigenvalue weighted by atomic mass is 10.2. The maximum Gasteiger partial charge on any atom is 0.341 e. The number of aryl methyl sites for hydroxylation is 3. The maximum atomic E-state index is 13.2. The van der Waals surface area contributed by atoms with E-state index in [1.807, 2.05) is 25.1 Å². The first-order valence-electron chi connectivity index (χ1n) is 9.54. The van der Waals surface area contributed by atoms with E-state index in [4.69, 9.17) is 4.74 Å². The van der Waals surface area contributed by atoms with E-state index in [1.54, 1.807) is 20.8 Å². The van der Waals surface area contributed by atoms with Crippen LogP contribution in [0.15, 0.2) is 23.1 Å². The van der Waals surface area contributed by atoms with Crippen LogP contribution >= 0.6 is 11.3 Å². The molecule has 0 fully saturated rings. The Hall–Kier alpha value is -2.76. The van der Waals surface area contributed by atoms with Crippen LogP contribution < -0.4 is 5.32 Å². The maximum absolute atomic E-state index is 13.2. The van der Waals surface area contributed by atoms with Crippen LogP contribution in [0.4, 0.5) is 5.13 Å². The highest BCUT2D eigenvalue weighted by Gasteiger charge is 2.33. The molecule has 1 amide bonds. The van der Waals surface area contributed by atoms with Crippen LogP contribution in [0.5, 0.6) is 0 Å². The molecule has 3 rings (SSSR count). The Morgan fingerprint density at radius 2 is 1.94 bits per heavy atom. The summed E-state index contributed by atoms with van der Waals surface area (Å²) in [7, 11) is -2.85. The number of carbonyl (C=O) groups excluding carboxylic acids is 2. The smallest absolute Gasteiger partial charge is 0.341 e. The summed E-state index contributed by atoms with van der Waals surface area (Å²) in [6.07, 6.45) is 0. The van der Waals surface area contributed by atoms with Gasteiger partial charge in [0.15, 0.2) is 5.13 Å².